The maximum Gasteiger partial charge on any atom is 0.241 e. The van der Waals surface area contributed by atoms with Crippen molar-refractivity contribution in [1.82, 2.24) is 9.62 Å². The van der Waals surface area contributed by atoms with Crippen LogP contribution in [0.2, 0.25) is 0 Å². The molecule has 0 saturated carbocycles. The molecule has 2 rings (SSSR count). The van der Waals surface area contributed by atoms with Gasteiger partial charge in [-0.1, -0.05) is 25.1 Å². The summed E-state index contributed by atoms with van der Waals surface area (Å²) in [6, 6.07) is 7.91. The van der Waals surface area contributed by atoms with Crippen molar-refractivity contribution in [2.75, 3.05) is 19.6 Å². The number of aliphatic hydroxyl groups excluding tert-OH is 1. The average molecular weight is 312 g/mol. The van der Waals surface area contributed by atoms with Gasteiger partial charge in [0.05, 0.1) is 17.5 Å². The summed E-state index contributed by atoms with van der Waals surface area (Å²) in [6.45, 7) is 2.44. The van der Waals surface area contributed by atoms with Crippen LogP contribution in [0.3, 0.4) is 0 Å². The number of hydrogen-bond acceptors (Lipinski definition) is 4. The van der Waals surface area contributed by atoms with Gasteiger partial charge in [-0.25, -0.2) is 13.1 Å². The molecule has 1 aliphatic heterocycles. The van der Waals surface area contributed by atoms with E-state index >= 15 is 0 Å². The number of piperidine rings is 1. The lowest BCUT2D eigenvalue weighted by Crippen LogP contribution is -2.49. The van der Waals surface area contributed by atoms with Gasteiger partial charge in [-0.2, -0.15) is 0 Å². The van der Waals surface area contributed by atoms with E-state index in [1.165, 1.54) is 17.0 Å². The third-order valence-corrected chi connectivity index (χ3v) is 5.16. The number of nitrogens with one attached hydrogen (secondary N) is 1. The largest absolute Gasteiger partial charge is 0.391 e. The van der Waals surface area contributed by atoms with Crippen LogP contribution in [0.4, 0.5) is 0 Å². The predicted molar refractivity (Wildman–Crippen MR) is 78.0 cm³/mol. The number of rotatable bonds is 4. The molecule has 1 aliphatic rings. The van der Waals surface area contributed by atoms with E-state index in [-0.39, 0.29) is 29.8 Å². The topological polar surface area (TPSA) is 86.7 Å². The Balaban J connectivity index is 1.92. The highest BCUT2D eigenvalue weighted by atomic mass is 32.2. The molecule has 1 saturated heterocycles. The minimum Gasteiger partial charge on any atom is -0.391 e. The number of sulfonamides is 1. The molecule has 2 N–H and O–H groups in total. The molecule has 1 fully saturated rings. The van der Waals surface area contributed by atoms with E-state index in [4.69, 9.17) is 0 Å². The van der Waals surface area contributed by atoms with Crippen LogP contribution < -0.4 is 4.72 Å². The van der Waals surface area contributed by atoms with Crippen molar-refractivity contribution in [2.24, 2.45) is 5.92 Å². The number of amides is 1. The standard InChI is InChI=1S/C14H20N2O4S/c1-11-7-8-16(10-13(11)17)14(18)9-15-21(19,20)12-5-3-2-4-6-12/h2-6,11,13,15,17H,7-10H2,1H3. The van der Waals surface area contributed by atoms with Gasteiger partial charge < -0.3 is 10.0 Å². The Morgan fingerprint density at radius 1 is 1.38 bits per heavy atom. The molecule has 6 nitrogen and oxygen atoms in total. The molecule has 21 heavy (non-hydrogen) atoms. The molecule has 0 spiro atoms. The lowest BCUT2D eigenvalue weighted by molar-refractivity contribution is -0.134. The van der Waals surface area contributed by atoms with E-state index in [0.29, 0.717) is 6.54 Å². The van der Waals surface area contributed by atoms with Gasteiger partial charge in [0.2, 0.25) is 15.9 Å². The summed E-state index contributed by atoms with van der Waals surface area (Å²) in [5.41, 5.74) is 0. The molecule has 7 heteroatoms. The van der Waals surface area contributed by atoms with Crippen molar-refractivity contribution in [2.45, 2.75) is 24.3 Å². The Bertz CT molecular complexity index is 588. The summed E-state index contributed by atoms with van der Waals surface area (Å²) in [5, 5.41) is 9.77. The van der Waals surface area contributed by atoms with Crippen LogP contribution in [0.5, 0.6) is 0 Å². The fraction of sp³-hybridized carbons (Fsp3) is 0.500. The zero-order valence-corrected chi connectivity index (χ0v) is 12.7. The Hall–Kier alpha value is -1.44. The van der Waals surface area contributed by atoms with Crippen LogP contribution >= 0.6 is 0 Å². The van der Waals surface area contributed by atoms with Crippen LogP contribution in [0, 0.1) is 5.92 Å². The molecule has 1 aromatic carbocycles. The molecule has 0 bridgehead atoms. The molecule has 1 amide bonds. The smallest absolute Gasteiger partial charge is 0.241 e. The minimum absolute atomic E-state index is 0.130. The highest BCUT2D eigenvalue weighted by molar-refractivity contribution is 7.89. The minimum atomic E-state index is -3.68. The Kier molecular flexibility index (Phi) is 4.97. The van der Waals surface area contributed by atoms with Crippen molar-refractivity contribution in [3.63, 3.8) is 0 Å². The van der Waals surface area contributed by atoms with Crippen LogP contribution in [0.25, 0.3) is 0 Å². The SMILES string of the molecule is CC1CCN(C(=O)CNS(=O)(=O)c2ccccc2)CC1O. The number of likely N-dealkylation sites (tertiary alicyclic amines) is 1. The first kappa shape index (κ1) is 15.9. The van der Waals surface area contributed by atoms with Crippen LogP contribution in [0.15, 0.2) is 35.2 Å². The molecular formula is C14H20N2O4S. The van der Waals surface area contributed by atoms with Gasteiger partial charge in [-0.15, -0.1) is 0 Å². The summed E-state index contributed by atoms with van der Waals surface area (Å²) < 4.78 is 26.3. The molecular weight excluding hydrogens is 292 g/mol. The number of nitrogens with zero attached hydrogens (tertiary/aromatic N) is 1. The second-order valence-electron chi connectivity index (χ2n) is 5.31. The Morgan fingerprint density at radius 2 is 2.05 bits per heavy atom. The van der Waals surface area contributed by atoms with Gasteiger partial charge >= 0.3 is 0 Å². The van der Waals surface area contributed by atoms with Crippen LogP contribution in [-0.2, 0) is 14.8 Å². The first-order valence-electron chi connectivity index (χ1n) is 6.90. The first-order chi connectivity index (χ1) is 9.90. The summed E-state index contributed by atoms with van der Waals surface area (Å²) in [5.74, 6) is -0.157. The lowest BCUT2D eigenvalue weighted by atomic mass is 9.96. The van der Waals surface area contributed by atoms with Crippen LogP contribution in [-0.4, -0.2) is 50.1 Å². The molecule has 1 aromatic rings. The highest BCUT2D eigenvalue weighted by Crippen LogP contribution is 2.17. The van der Waals surface area contributed by atoms with Gasteiger partial charge in [-0.3, -0.25) is 4.79 Å². The van der Waals surface area contributed by atoms with E-state index in [1.807, 2.05) is 6.92 Å². The van der Waals surface area contributed by atoms with Gasteiger partial charge in [0.25, 0.3) is 0 Å². The van der Waals surface area contributed by atoms with E-state index in [0.717, 1.165) is 6.42 Å². The maximum absolute atomic E-state index is 12.0. The van der Waals surface area contributed by atoms with Crippen molar-refractivity contribution >= 4 is 15.9 Å². The second-order valence-corrected chi connectivity index (χ2v) is 7.08. The normalized spacial score (nSPS) is 23.0. The van der Waals surface area contributed by atoms with Gasteiger partial charge in [-0.05, 0) is 24.5 Å². The predicted octanol–water partition coefficient (Wildman–Crippen LogP) is 0.194. The van der Waals surface area contributed by atoms with E-state index in [9.17, 15) is 18.3 Å². The Labute approximate surface area is 124 Å². The molecule has 116 valence electrons. The third kappa shape index (κ3) is 4.03. The summed E-state index contributed by atoms with van der Waals surface area (Å²) in [6.07, 6.45) is 0.173. The van der Waals surface area contributed by atoms with Gasteiger partial charge in [0, 0.05) is 13.1 Å². The summed E-state index contributed by atoms with van der Waals surface area (Å²) in [4.78, 5) is 13.6. The number of carbonyl (C=O) groups is 1. The fourth-order valence-electron chi connectivity index (χ4n) is 2.23. The number of hydrogen-bond donors (Lipinski definition) is 2. The second kappa shape index (κ2) is 6.55. The summed E-state index contributed by atoms with van der Waals surface area (Å²) >= 11 is 0. The number of β-amino-alcohol motifs (C(OH)–C–C–N with tert-alkyl or cyclic N) is 1. The van der Waals surface area contributed by atoms with Crippen molar-refractivity contribution in [3.05, 3.63) is 30.3 Å². The lowest BCUT2D eigenvalue weighted by Gasteiger charge is -2.34. The highest BCUT2D eigenvalue weighted by Gasteiger charge is 2.27. The quantitative estimate of drug-likeness (QED) is 0.831. The molecule has 2 atom stereocenters. The third-order valence-electron chi connectivity index (χ3n) is 3.74. The van der Waals surface area contributed by atoms with E-state index < -0.39 is 16.1 Å². The maximum atomic E-state index is 12.0. The molecule has 0 aliphatic carbocycles. The van der Waals surface area contributed by atoms with Crippen molar-refractivity contribution < 1.29 is 18.3 Å². The van der Waals surface area contributed by atoms with Gasteiger partial charge in [0.1, 0.15) is 0 Å². The number of benzene rings is 1. The van der Waals surface area contributed by atoms with E-state index in [1.54, 1.807) is 18.2 Å². The molecule has 2 unspecified atom stereocenters. The molecule has 0 radical (unpaired) electrons. The average Bonchev–Trinajstić information content (AvgIpc) is 2.48. The van der Waals surface area contributed by atoms with E-state index in [2.05, 4.69) is 4.72 Å². The molecule has 0 aromatic heterocycles. The van der Waals surface area contributed by atoms with Gasteiger partial charge in [0.15, 0.2) is 0 Å². The van der Waals surface area contributed by atoms with Crippen molar-refractivity contribution in [3.8, 4) is 0 Å². The van der Waals surface area contributed by atoms with Crippen LogP contribution in [0.1, 0.15) is 13.3 Å². The number of carbonyl (C=O) groups excluding carboxylic acids is 1. The summed E-state index contributed by atoms with van der Waals surface area (Å²) in [7, 11) is -3.68. The Morgan fingerprint density at radius 3 is 2.67 bits per heavy atom. The monoisotopic (exact) mass is 312 g/mol. The first-order valence-corrected chi connectivity index (χ1v) is 8.39. The fourth-order valence-corrected chi connectivity index (χ4v) is 3.22. The zero-order chi connectivity index (χ0) is 15.5. The van der Waals surface area contributed by atoms with Crippen molar-refractivity contribution in [1.29, 1.82) is 0 Å². The zero-order valence-electron chi connectivity index (χ0n) is 11.9. The number of aliphatic hydroxyl groups is 1. The molecule has 1 heterocycles.